The summed E-state index contributed by atoms with van der Waals surface area (Å²) in [5.74, 6) is 1.74. The minimum atomic E-state index is 0.323. The van der Waals surface area contributed by atoms with Crippen molar-refractivity contribution in [3.8, 4) is 0 Å². The predicted molar refractivity (Wildman–Crippen MR) is 51.1 cm³/mol. The fraction of sp³-hybridized carbons (Fsp3) is 1.00. The normalized spacial score (nSPS) is 28.5. The van der Waals surface area contributed by atoms with Crippen molar-refractivity contribution in [3.63, 3.8) is 0 Å². The van der Waals surface area contributed by atoms with Gasteiger partial charge in [-0.3, -0.25) is 0 Å². The van der Waals surface area contributed by atoms with E-state index < -0.39 is 0 Å². The third-order valence-electron chi connectivity index (χ3n) is 2.90. The molecule has 0 bridgehead atoms. The fourth-order valence-corrected chi connectivity index (χ4v) is 1.91. The van der Waals surface area contributed by atoms with Crippen LogP contribution in [0.1, 0.15) is 26.7 Å². The van der Waals surface area contributed by atoms with Crippen molar-refractivity contribution < 1.29 is 5.11 Å². The number of hydrogen-bond donors (Lipinski definition) is 1. The maximum atomic E-state index is 8.67. The fourth-order valence-electron chi connectivity index (χ4n) is 1.91. The van der Waals surface area contributed by atoms with Crippen LogP contribution in [0.5, 0.6) is 0 Å². The summed E-state index contributed by atoms with van der Waals surface area (Å²) in [4.78, 5) is 2.39. The van der Waals surface area contributed by atoms with Gasteiger partial charge < -0.3 is 10.0 Å². The van der Waals surface area contributed by atoms with Gasteiger partial charge in [0.05, 0.1) is 0 Å². The van der Waals surface area contributed by atoms with Gasteiger partial charge in [-0.2, -0.15) is 0 Å². The van der Waals surface area contributed by atoms with Crippen LogP contribution in [0.4, 0.5) is 0 Å². The number of aliphatic hydroxyl groups is 1. The Morgan fingerprint density at radius 1 is 1.50 bits per heavy atom. The van der Waals surface area contributed by atoms with Gasteiger partial charge in [-0.1, -0.05) is 13.8 Å². The largest absolute Gasteiger partial charge is 0.396 e. The van der Waals surface area contributed by atoms with E-state index in [2.05, 4.69) is 25.8 Å². The molecule has 72 valence electrons. The van der Waals surface area contributed by atoms with Crippen molar-refractivity contribution in [2.45, 2.75) is 32.7 Å². The Morgan fingerprint density at radius 2 is 2.17 bits per heavy atom. The summed E-state index contributed by atoms with van der Waals surface area (Å²) in [7, 11) is 2.17. The molecule has 0 aromatic heterocycles. The van der Waals surface area contributed by atoms with E-state index >= 15 is 0 Å². The smallest absolute Gasteiger partial charge is 0.0443 e. The van der Waals surface area contributed by atoms with Crippen LogP contribution in [0.3, 0.4) is 0 Å². The minimum absolute atomic E-state index is 0.323. The summed E-state index contributed by atoms with van der Waals surface area (Å²) < 4.78 is 0. The Morgan fingerprint density at radius 3 is 2.58 bits per heavy atom. The molecule has 0 aromatic rings. The van der Waals surface area contributed by atoms with Crippen LogP contribution in [-0.4, -0.2) is 36.2 Å². The first-order valence-electron chi connectivity index (χ1n) is 4.98. The number of aliphatic hydroxyl groups excluding tert-OH is 1. The van der Waals surface area contributed by atoms with Gasteiger partial charge in [-0.25, -0.2) is 0 Å². The van der Waals surface area contributed by atoms with E-state index in [0.717, 1.165) is 30.8 Å². The molecule has 0 spiro atoms. The summed E-state index contributed by atoms with van der Waals surface area (Å²) in [6, 6.07) is 0.802. The Balaban J connectivity index is 2.14. The maximum absolute atomic E-state index is 8.67. The third-order valence-corrected chi connectivity index (χ3v) is 2.90. The summed E-state index contributed by atoms with van der Waals surface area (Å²) in [5, 5.41) is 8.67. The lowest BCUT2D eigenvalue weighted by atomic mass is 10.1. The van der Waals surface area contributed by atoms with Gasteiger partial charge in [0.2, 0.25) is 0 Å². The molecule has 1 saturated carbocycles. The molecule has 0 aromatic carbocycles. The lowest BCUT2D eigenvalue weighted by Gasteiger charge is -2.16. The zero-order valence-corrected chi connectivity index (χ0v) is 8.45. The van der Waals surface area contributed by atoms with Crippen molar-refractivity contribution >= 4 is 0 Å². The first-order chi connectivity index (χ1) is 5.66. The van der Waals surface area contributed by atoms with Crippen LogP contribution >= 0.6 is 0 Å². The third kappa shape index (κ3) is 2.46. The van der Waals surface area contributed by atoms with Gasteiger partial charge in [0.15, 0.2) is 0 Å². The highest BCUT2D eigenvalue weighted by atomic mass is 16.3. The van der Waals surface area contributed by atoms with Crippen molar-refractivity contribution in [1.82, 2.24) is 4.90 Å². The molecule has 1 aliphatic carbocycles. The van der Waals surface area contributed by atoms with E-state index in [4.69, 9.17) is 5.11 Å². The van der Waals surface area contributed by atoms with E-state index in [1.165, 1.54) is 6.42 Å². The van der Waals surface area contributed by atoms with E-state index in [-0.39, 0.29) is 0 Å². The molecule has 0 amide bonds. The van der Waals surface area contributed by atoms with E-state index in [1.807, 2.05) is 0 Å². The molecule has 0 saturated heterocycles. The van der Waals surface area contributed by atoms with Gasteiger partial charge in [0.25, 0.3) is 0 Å². The van der Waals surface area contributed by atoms with E-state index in [1.54, 1.807) is 0 Å². The van der Waals surface area contributed by atoms with Gasteiger partial charge in [-0.05, 0) is 31.7 Å². The lowest BCUT2D eigenvalue weighted by molar-refractivity contribution is 0.234. The molecule has 1 rings (SSSR count). The van der Waals surface area contributed by atoms with Crippen LogP contribution in [0.2, 0.25) is 0 Å². The average molecular weight is 171 g/mol. The minimum Gasteiger partial charge on any atom is -0.396 e. The summed E-state index contributed by atoms with van der Waals surface area (Å²) in [6.07, 6.45) is 2.28. The molecular weight excluding hydrogens is 150 g/mol. The molecule has 0 aliphatic heterocycles. The molecule has 2 unspecified atom stereocenters. The van der Waals surface area contributed by atoms with Crippen LogP contribution in [0.15, 0.2) is 0 Å². The predicted octanol–water partition coefficient (Wildman–Crippen LogP) is 1.35. The molecule has 1 aliphatic rings. The van der Waals surface area contributed by atoms with Crippen LogP contribution in [0, 0.1) is 11.8 Å². The summed E-state index contributed by atoms with van der Waals surface area (Å²) in [6.45, 7) is 5.96. The first-order valence-corrected chi connectivity index (χ1v) is 4.98. The monoisotopic (exact) mass is 171 g/mol. The average Bonchev–Trinajstić information content (AvgIpc) is 2.78. The molecule has 0 radical (unpaired) electrons. The van der Waals surface area contributed by atoms with Crippen LogP contribution < -0.4 is 0 Å². The standard InChI is InChI=1S/C10H21NO/c1-8(2)9-7-10(9)11(3)5-4-6-12/h8-10,12H,4-7H2,1-3H3. The van der Waals surface area contributed by atoms with E-state index in [9.17, 15) is 0 Å². The van der Waals surface area contributed by atoms with Gasteiger partial charge in [0.1, 0.15) is 0 Å². The highest BCUT2D eigenvalue weighted by molar-refractivity contribution is 4.95. The Hall–Kier alpha value is -0.0800. The van der Waals surface area contributed by atoms with Gasteiger partial charge in [-0.15, -0.1) is 0 Å². The van der Waals surface area contributed by atoms with E-state index in [0.29, 0.717) is 6.61 Å². The summed E-state index contributed by atoms with van der Waals surface area (Å²) >= 11 is 0. The quantitative estimate of drug-likeness (QED) is 0.675. The lowest BCUT2D eigenvalue weighted by Crippen LogP contribution is -2.25. The molecular formula is C10H21NO. The number of rotatable bonds is 5. The molecule has 2 nitrogen and oxygen atoms in total. The van der Waals surface area contributed by atoms with Crippen molar-refractivity contribution in [3.05, 3.63) is 0 Å². The zero-order valence-electron chi connectivity index (χ0n) is 8.45. The molecule has 1 fully saturated rings. The van der Waals surface area contributed by atoms with Crippen LogP contribution in [-0.2, 0) is 0 Å². The van der Waals surface area contributed by atoms with Gasteiger partial charge in [0, 0.05) is 19.2 Å². The topological polar surface area (TPSA) is 23.5 Å². The number of nitrogens with zero attached hydrogens (tertiary/aromatic N) is 1. The Kier molecular flexibility index (Phi) is 3.53. The zero-order chi connectivity index (χ0) is 9.14. The highest BCUT2D eigenvalue weighted by Crippen LogP contribution is 2.40. The highest BCUT2D eigenvalue weighted by Gasteiger charge is 2.41. The molecule has 12 heavy (non-hydrogen) atoms. The van der Waals surface area contributed by atoms with Crippen molar-refractivity contribution in [1.29, 1.82) is 0 Å². The molecule has 2 heteroatoms. The Labute approximate surface area is 75.6 Å². The second-order valence-electron chi connectivity index (χ2n) is 4.27. The first kappa shape index (κ1) is 10.0. The van der Waals surface area contributed by atoms with Crippen LogP contribution in [0.25, 0.3) is 0 Å². The molecule has 0 heterocycles. The number of hydrogen-bond acceptors (Lipinski definition) is 2. The molecule has 2 atom stereocenters. The molecule has 1 N–H and O–H groups in total. The Bertz CT molecular complexity index is 136. The second kappa shape index (κ2) is 4.24. The second-order valence-corrected chi connectivity index (χ2v) is 4.27. The van der Waals surface area contributed by atoms with Gasteiger partial charge >= 0.3 is 0 Å². The SMILES string of the molecule is CC(C)C1CC1N(C)CCCO. The summed E-state index contributed by atoms with van der Waals surface area (Å²) in [5.41, 5.74) is 0. The van der Waals surface area contributed by atoms with Crippen molar-refractivity contribution in [2.24, 2.45) is 11.8 Å². The van der Waals surface area contributed by atoms with Crippen molar-refractivity contribution in [2.75, 3.05) is 20.2 Å². The maximum Gasteiger partial charge on any atom is 0.0443 e.